The van der Waals surface area contributed by atoms with Crippen molar-refractivity contribution < 1.29 is 4.39 Å². The molecule has 1 spiro atoms. The van der Waals surface area contributed by atoms with Gasteiger partial charge < -0.3 is 0 Å². The average Bonchev–Trinajstić information content (AvgIpc) is 3.02. The van der Waals surface area contributed by atoms with E-state index in [1.54, 1.807) is 5.56 Å². The molecule has 4 heteroatoms. The minimum absolute atomic E-state index is 0.0320. The second kappa shape index (κ2) is 5.53. The summed E-state index contributed by atoms with van der Waals surface area (Å²) in [6, 6.07) is 4.13. The summed E-state index contributed by atoms with van der Waals surface area (Å²) in [4.78, 5) is 0. The predicted octanol–water partition coefficient (Wildman–Crippen LogP) is 7.40. The van der Waals surface area contributed by atoms with E-state index in [0.717, 1.165) is 23.8 Å². The van der Waals surface area contributed by atoms with Crippen LogP contribution in [0.1, 0.15) is 55.7 Å². The molecular formula is C26H38FSi3. The van der Waals surface area contributed by atoms with Crippen LogP contribution in [0.25, 0.3) is 6.08 Å². The van der Waals surface area contributed by atoms with Crippen molar-refractivity contribution in [1.29, 1.82) is 0 Å². The van der Waals surface area contributed by atoms with Gasteiger partial charge in [-0.2, -0.15) is 0 Å². The van der Waals surface area contributed by atoms with Crippen molar-refractivity contribution in [2.45, 2.75) is 94.8 Å². The molecule has 1 heterocycles. The van der Waals surface area contributed by atoms with Crippen LogP contribution in [0.2, 0.25) is 43.9 Å². The normalized spacial score (nSPS) is 38.5. The molecule has 0 N–H and O–H groups in total. The minimum atomic E-state index is -1.44. The molecular weight excluding hydrogens is 416 g/mol. The maximum atomic E-state index is 14.9. The highest BCUT2D eigenvalue weighted by molar-refractivity contribution is 7.80. The SMILES string of the molecule is CC1=Cc2c(C34CC5C[C](CC(C5)C3)C43[Si](C)(C)[Si](C)(C)[Si]3(C)C)ccc(F)c2C1. The Morgan fingerprint density at radius 3 is 2.13 bits per heavy atom. The molecule has 0 amide bonds. The van der Waals surface area contributed by atoms with Gasteiger partial charge in [0.15, 0.2) is 0 Å². The van der Waals surface area contributed by atoms with E-state index in [4.69, 9.17) is 0 Å². The van der Waals surface area contributed by atoms with Crippen molar-refractivity contribution in [2.24, 2.45) is 11.8 Å². The van der Waals surface area contributed by atoms with E-state index in [1.165, 1.54) is 43.2 Å². The van der Waals surface area contributed by atoms with Gasteiger partial charge in [-0.3, -0.25) is 0 Å². The molecule has 4 bridgehead atoms. The number of benzene rings is 1. The molecule has 1 radical (unpaired) electrons. The second-order valence-electron chi connectivity index (χ2n) is 13.2. The lowest BCUT2D eigenvalue weighted by atomic mass is 9.46. The van der Waals surface area contributed by atoms with Crippen molar-refractivity contribution >= 4 is 28.4 Å². The molecule has 1 aromatic carbocycles. The van der Waals surface area contributed by atoms with Gasteiger partial charge in [-0.1, -0.05) is 57.0 Å². The molecule has 5 fully saturated rings. The van der Waals surface area contributed by atoms with Gasteiger partial charge in [-0.15, -0.1) is 0 Å². The molecule has 4 saturated carbocycles. The molecule has 1 saturated heterocycles. The summed E-state index contributed by atoms with van der Waals surface area (Å²) < 4.78 is 15.5. The monoisotopic (exact) mass is 453 g/mol. The zero-order valence-electron chi connectivity index (χ0n) is 20.0. The Morgan fingerprint density at radius 1 is 0.933 bits per heavy atom. The molecule has 2 atom stereocenters. The fraction of sp³-hybridized carbons (Fsp3) is 0.654. The number of hydrogen-bond donors (Lipinski definition) is 0. The molecule has 0 nitrogen and oxygen atoms in total. The largest absolute Gasteiger partial charge is 0.207 e. The summed E-state index contributed by atoms with van der Waals surface area (Å²) in [6.07, 6.45) is 10.3. The van der Waals surface area contributed by atoms with Crippen molar-refractivity contribution in [1.82, 2.24) is 0 Å². The second-order valence-corrected chi connectivity index (χ2v) is 41.5. The van der Waals surface area contributed by atoms with Crippen LogP contribution in [0.15, 0.2) is 17.7 Å². The van der Waals surface area contributed by atoms with Crippen LogP contribution in [-0.2, 0) is 11.8 Å². The summed E-state index contributed by atoms with van der Waals surface area (Å²) in [6.45, 7) is 19.0. The average molecular weight is 454 g/mol. The number of fused-ring (bicyclic) bond motifs is 1. The van der Waals surface area contributed by atoms with Gasteiger partial charge in [0.1, 0.15) is 5.82 Å². The van der Waals surface area contributed by atoms with Gasteiger partial charge >= 0.3 is 0 Å². The standard InChI is InChI=1S/C26H38FSi3/c1-17-10-21-22(11-17)24(27)9-8-23(21)25-15-18-12-19(16-25)14-20(13-18)26(25)28(2,3)30(6,7)29(26,4)5/h8-10,18-19H,11-16H2,1-7H3. The van der Waals surface area contributed by atoms with Crippen LogP contribution < -0.4 is 0 Å². The molecule has 0 aromatic heterocycles. The van der Waals surface area contributed by atoms with Crippen LogP contribution in [-0.4, -0.2) is 22.3 Å². The summed E-state index contributed by atoms with van der Waals surface area (Å²) in [5, 5.41) is 0. The first-order chi connectivity index (χ1) is 13.9. The Hall–Kier alpha value is -0.459. The predicted molar refractivity (Wildman–Crippen MR) is 134 cm³/mol. The van der Waals surface area contributed by atoms with Crippen molar-refractivity contribution in [2.75, 3.05) is 0 Å². The first-order valence-electron chi connectivity index (χ1n) is 12.2. The maximum Gasteiger partial charge on any atom is 0.127 e. The summed E-state index contributed by atoms with van der Waals surface area (Å²) in [5.41, 5.74) is 5.58. The number of rotatable bonds is 1. The van der Waals surface area contributed by atoms with E-state index in [9.17, 15) is 4.39 Å². The summed E-state index contributed by atoms with van der Waals surface area (Å²) in [7, 11) is -4.08. The lowest BCUT2D eigenvalue weighted by molar-refractivity contribution is 0.0417. The molecule has 30 heavy (non-hydrogen) atoms. The highest BCUT2D eigenvalue weighted by Gasteiger charge is 2.87. The molecule has 5 aliphatic carbocycles. The third-order valence-corrected chi connectivity index (χ3v) is 61.1. The molecule has 1 aliphatic heterocycles. The lowest BCUT2D eigenvalue weighted by Crippen LogP contribution is -2.97. The summed E-state index contributed by atoms with van der Waals surface area (Å²) >= 11 is 0. The van der Waals surface area contributed by atoms with Crippen LogP contribution in [0, 0.1) is 23.6 Å². The fourth-order valence-electron chi connectivity index (χ4n) is 10.7. The smallest absolute Gasteiger partial charge is 0.127 e. The maximum absolute atomic E-state index is 14.9. The topological polar surface area (TPSA) is 0 Å². The van der Waals surface area contributed by atoms with E-state index in [2.05, 4.69) is 58.3 Å². The Balaban J connectivity index is 1.68. The van der Waals surface area contributed by atoms with Crippen LogP contribution in [0.3, 0.4) is 0 Å². The van der Waals surface area contributed by atoms with Crippen molar-refractivity contribution in [3.63, 3.8) is 0 Å². The third kappa shape index (κ3) is 1.81. The van der Waals surface area contributed by atoms with Gasteiger partial charge in [0.2, 0.25) is 0 Å². The van der Waals surface area contributed by atoms with E-state index < -0.39 is 22.3 Å². The Morgan fingerprint density at radius 2 is 1.53 bits per heavy atom. The van der Waals surface area contributed by atoms with Gasteiger partial charge in [-0.05, 0) is 96.0 Å². The first kappa shape index (κ1) is 20.2. The lowest BCUT2D eigenvalue weighted by Gasteiger charge is -2.87. The highest BCUT2D eigenvalue weighted by atomic mass is 29.7. The number of allylic oxidation sites excluding steroid dienone is 1. The van der Waals surface area contributed by atoms with E-state index in [0.29, 0.717) is 10.1 Å². The molecule has 161 valence electrons. The third-order valence-electron chi connectivity index (χ3n) is 11.9. The van der Waals surface area contributed by atoms with E-state index in [1.807, 2.05) is 12.0 Å². The zero-order chi connectivity index (χ0) is 21.5. The quantitative estimate of drug-likeness (QED) is 0.389. The molecule has 7 rings (SSSR count). The van der Waals surface area contributed by atoms with Crippen LogP contribution in [0.4, 0.5) is 4.39 Å². The Kier molecular flexibility index (Phi) is 3.72. The van der Waals surface area contributed by atoms with Gasteiger partial charge in [0.25, 0.3) is 0 Å². The number of hydrogen-bond acceptors (Lipinski definition) is 0. The number of halogens is 1. The molecule has 2 unspecified atom stereocenters. The minimum Gasteiger partial charge on any atom is -0.207 e. The van der Waals surface area contributed by atoms with E-state index >= 15 is 0 Å². The van der Waals surface area contributed by atoms with Crippen molar-refractivity contribution in [3.8, 4) is 0 Å². The highest BCUT2D eigenvalue weighted by Crippen LogP contribution is 2.85. The van der Waals surface area contributed by atoms with Crippen LogP contribution >= 0.6 is 0 Å². The summed E-state index contributed by atoms with van der Waals surface area (Å²) in [5.74, 6) is 3.86. The van der Waals surface area contributed by atoms with Crippen molar-refractivity contribution in [3.05, 3.63) is 46.1 Å². The fourth-order valence-corrected chi connectivity index (χ4v) is 63.8. The van der Waals surface area contributed by atoms with Crippen LogP contribution in [0.5, 0.6) is 0 Å². The van der Waals surface area contributed by atoms with Gasteiger partial charge in [0.05, 0.1) is 0 Å². The zero-order valence-corrected chi connectivity index (χ0v) is 23.0. The molecule has 1 aromatic rings. The first-order valence-corrected chi connectivity index (χ1v) is 23.2. The van der Waals surface area contributed by atoms with Gasteiger partial charge in [0, 0.05) is 22.3 Å². The Labute approximate surface area is 185 Å². The van der Waals surface area contributed by atoms with Gasteiger partial charge in [-0.25, -0.2) is 4.39 Å². The molecule has 6 aliphatic rings. The van der Waals surface area contributed by atoms with E-state index in [-0.39, 0.29) is 5.82 Å². The Bertz CT molecular complexity index is 970.